The van der Waals surface area contributed by atoms with Crippen molar-refractivity contribution in [3.8, 4) is 0 Å². The summed E-state index contributed by atoms with van der Waals surface area (Å²) in [6.07, 6.45) is 4.02. The van der Waals surface area contributed by atoms with Gasteiger partial charge in [-0.2, -0.15) is 0 Å². The molecule has 1 N–H and O–H groups in total. The molecule has 0 amide bonds. The maximum Gasteiger partial charge on any atom is 0.142 e. The second-order valence-corrected chi connectivity index (χ2v) is 13.0. The van der Waals surface area contributed by atoms with Gasteiger partial charge in [0.25, 0.3) is 0 Å². The maximum absolute atomic E-state index is 5.88. The number of aromatic nitrogens is 2. The van der Waals surface area contributed by atoms with Crippen molar-refractivity contribution in [3.63, 3.8) is 0 Å². The van der Waals surface area contributed by atoms with Crippen LogP contribution in [0.5, 0.6) is 0 Å². The molecule has 0 saturated carbocycles. The van der Waals surface area contributed by atoms with Crippen molar-refractivity contribution in [2.75, 3.05) is 6.61 Å². The minimum Gasteiger partial charge on any atom is -0.361 e. The Morgan fingerprint density at radius 2 is 2.09 bits per heavy atom. The van der Waals surface area contributed by atoms with E-state index >= 15 is 0 Å². The summed E-state index contributed by atoms with van der Waals surface area (Å²) in [6.45, 7) is 13.7. The summed E-state index contributed by atoms with van der Waals surface area (Å²) in [5.74, 6) is 0. The summed E-state index contributed by atoms with van der Waals surface area (Å²) in [5.41, 5.74) is 2.29. The Kier molecular flexibility index (Phi) is 5.78. The lowest BCUT2D eigenvalue weighted by Gasteiger charge is -2.15. The van der Waals surface area contributed by atoms with Crippen molar-refractivity contribution in [2.45, 2.75) is 58.9 Å². The quantitative estimate of drug-likeness (QED) is 0.593. The van der Waals surface area contributed by atoms with Gasteiger partial charge in [-0.1, -0.05) is 33.5 Å². The first kappa shape index (κ1) is 17.2. The molecule has 0 aliphatic rings. The molecule has 0 radical (unpaired) electrons. The minimum atomic E-state index is -1.03. The van der Waals surface area contributed by atoms with Crippen LogP contribution in [0.3, 0.4) is 0 Å². The number of nitrogens with one attached hydrogen (secondary N) is 1. The fourth-order valence-electron chi connectivity index (χ4n) is 2.29. The van der Waals surface area contributed by atoms with Crippen LogP contribution in [-0.2, 0) is 18.0 Å². The van der Waals surface area contributed by atoms with Gasteiger partial charge in [0.2, 0.25) is 0 Å². The predicted octanol–water partition coefficient (Wildman–Crippen LogP) is 3.85. The number of nitrogens with zero attached hydrogens (tertiary/aromatic N) is 2. The molecular weight excluding hydrogens is 290 g/mol. The Morgan fingerprint density at radius 1 is 1.32 bits per heavy atom. The molecular formula is C17H29N3OSi. The fraction of sp³-hybridized carbons (Fsp3) is 0.588. The third-order valence-corrected chi connectivity index (χ3v) is 5.35. The van der Waals surface area contributed by atoms with Crippen molar-refractivity contribution in [1.29, 1.82) is 0 Å². The summed E-state index contributed by atoms with van der Waals surface area (Å²) in [7, 11) is -1.03. The highest BCUT2D eigenvalue weighted by Gasteiger charge is 2.13. The highest BCUT2D eigenvalue weighted by Crippen LogP contribution is 2.19. The summed E-state index contributed by atoms with van der Waals surface area (Å²) < 4.78 is 8.00. The first-order valence-corrected chi connectivity index (χ1v) is 11.8. The van der Waals surface area contributed by atoms with E-state index in [1.54, 1.807) is 0 Å². The van der Waals surface area contributed by atoms with Gasteiger partial charge in [0.15, 0.2) is 0 Å². The van der Waals surface area contributed by atoms with Gasteiger partial charge in [-0.05, 0) is 23.7 Å². The molecule has 0 aromatic carbocycles. The summed E-state index contributed by atoms with van der Waals surface area (Å²) in [4.78, 5) is 4.52. The Balaban J connectivity index is 2.06. The lowest BCUT2D eigenvalue weighted by molar-refractivity contribution is 0.0898. The third-order valence-electron chi connectivity index (χ3n) is 3.64. The van der Waals surface area contributed by atoms with Crippen LogP contribution in [0, 0.1) is 0 Å². The average molecular weight is 320 g/mol. The van der Waals surface area contributed by atoms with Crippen LogP contribution in [0.15, 0.2) is 24.5 Å². The average Bonchev–Trinajstić information content (AvgIpc) is 2.79. The van der Waals surface area contributed by atoms with E-state index in [1.165, 1.54) is 17.0 Å². The molecule has 4 nitrogen and oxygen atoms in total. The van der Waals surface area contributed by atoms with Crippen LogP contribution in [0.1, 0.15) is 19.4 Å². The molecule has 2 heterocycles. The maximum atomic E-state index is 5.88. The molecule has 22 heavy (non-hydrogen) atoms. The molecule has 0 aliphatic carbocycles. The molecule has 2 aromatic rings. The third kappa shape index (κ3) is 4.93. The SMILES string of the molecule is CC(C)NCc1cn(COCC[Si](C)(C)C)c2ncccc12. The van der Waals surface area contributed by atoms with E-state index in [1.807, 2.05) is 12.3 Å². The standard InChI is InChI=1S/C17H29N3OSi/c1-14(2)19-11-15-12-20(13-21-9-10-22(3,4)5)17-16(15)7-6-8-18-17/h6-8,12,14,19H,9-11,13H2,1-5H3. The van der Waals surface area contributed by atoms with Gasteiger partial charge in [-0.3, -0.25) is 0 Å². The molecule has 122 valence electrons. The fourth-order valence-corrected chi connectivity index (χ4v) is 3.05. The van der Waals surface area contributed by atoms with Crippen LogP contribution in [-0.4, -0.2) is 30.3 Å². The highest BCUT2D eigenvalue weighted by molar-refractivity contribution is 6.76. The van der Waals surface area contributed by atoms with E-state index in [4.69, 9.17) is 4.74 Å². The van der Waals surface area contributed by atoms with Gasteiger partial charge < -0.3 is 14.6 Å². The summed E-state index contributed by atoms with van der Waals surface area (Å²) in [5, 5.41) is 4.69. The van der Waals surface area contributed by atoms with Gasteiger partial charge in [-0.25, -0.2) is 4.98 Å². The molecule has 0 aliphatic heterocycles. The van der Waals surface area contributed by atoms with Gasteiger partial charge in [0.1, 0.15) is 12.4 Å². The van der Waals surface area contributed by atoms with Crippen molar-refractivity contribution < 1.29 is 4.74 Å². The van der Waals surface area contributed by atoms with E-state index in [0.29, 0.717) is 12.8 Å². The summed E-state index contributed by atoms with van der Waals surface area (Å²) >= 11 is 0. The zero-order chi connectivity index (χ0) is 16.2. The van der Waals surface area contributed by atoms with Crippen LogP contribution in [0.4, 0.5) is 0 Å². The summed E-state index contributed by atoms with van der Waals surface area (Å²) in [6, 6.07) is 5.81. The van der Waals surface area contributed by atoms with Crippen LogP contribution in [0.2, 0.25) is 25.7 Å². The second kappa shape index (κ2) is 7.40. The number of pyridine rings is 1. The molecule has 0 atom stereocenters. The zero-order valence-corrected chi connectivity index (χ0v) is 15.5. The molecule has 2 aromatic heterocycles. The number of rotatable bonds is 8. The van der Waals surface area contributed by atoms with Crippen molar-refractivity contribution in [1.82, 2.24) is 14.9 Å². The molecule has 0 bridgehead atoms. The van der Waals surface area contributed by atoms with E-state index in [0.717, 1.165) is 18.8 Å². The molecule has 0 unspecified atom stereocenters. The Hall–Kier alpha value is -1.17. The smallest absolute Gasteiger partial charge is 0.142 e. The van der Waals surface area contributed by atoms with E-state index in [9.17, 15) is 0 Å². The Bertz CT molecular complexity index is 601. The van der Waals surface area contributed by atoms with Gasteiger partial charge >= 0.3 is 0 Å². The Morgan fingerprint density at radius 3 is 2.77 bits per heavy atom. The molecule has 5 heteroatoms. The first-order chi connectivity index (χ1) is 10.4. The van der Waals surface area contributed by atoms with E-state index < -0.39 is 8.07 Å². The molecule has 2 rings (SSSR count). The second-order valence-electron chi connectivity index (χ2n) is 7.38. The highest BCUT2D eigenvalue weighted by atomic mass is 28.3. The lowest BCUT2D eigenvalue weighted by atomic mass is 10.2. The van der Waals surface area contributed by atoms with Crippen LogP contribution < -0.4 is 5.32 Å². The van der Waals surface area contributed by atoms with E-state index in [-0.39, 0.29) is 0 Å². The normalized spacial score (nSPS) is 12.5. The van der Waals surface area contributed by atoms with E-state index in [2.05, 4.69) is 60.6 Å². The zero-order valence-electron chi connectivity index (χ0n) is 14.5. The first-order valence-electron chi connectivity index (χ1n) is 8.11. The predicted molar refractivity (Wildman–Crippen MR) is 95.8 cm³/mol. The van der Waals surface area contributed by atoms with Crippen molar-refractivity contribution in [2.24, 2.45) is 0 Å². The number of fused-ring (bicyclic) bond motifs is 1. The van der Waals surface area contributed by atoms with Gasteiger partial charge in [0, 0.05) is 45.0 Å². The topological polar surface area (TPSA) is 39.1 Å². The van der Waals surface area contributed by atoms with Crippen molar-refractivity contribution >= 4 is 19.1 Å². The lowest BCUT2D eigenvalue weighted by Crippen LogP contribution is -2.22. The van der Waals surface area contributed by atoms with Gasteiger partial charge in [0.05, 0.1) is 0 Å². The molecule has 0 saturated heterocycles. The number of hydrogen-bond donors (Lipinski definition) is 1. The van der Waals surface area contributed by atoms with Crippen LogP contribution in [0.25, 0.3) is 11.0 Å². The molecule has 0 fully saturated rings. The number of hydrogen-bond acceptors (Lipinski definition) is 3. The number of ether oxygens (including phenoxy) is 1. The minimum absolute atomic E-state index is 0.475. The molecule has 0 spiro atoms. The van der Waals surface area contributed by atoms with Crippen LogP contribution >= 0.6 is 0 Å². The largest absolute Gasteiger partial charge is 0.361 e. The monoisotopic (exact) mass is 319 g/mol. The van der Waals surface area contributed by atoms with Crippen molar-refractivity contribution in [3.05, 3.63) is 30.1 Å². The van der Waals surface area contributed by atoms with Gasteiger partial charge in [-0.15, -0.1) is 0 Å². The Labute approximate surface area is 134 Å².